The number of halogens is 3. The summed E-state index contributed by atoms with van der Waals surface area (Å²) in [6.45, 7) is 1.27. The van der Waals surface area contributed by atoms with Crippen LogP contribution in [-0.4, -0.2) is 43.7 Å². The number of likely N-dealkylation sites (tertiary alicyclic amines) is 1. The van der Waals surface area contributed by atoms with Gasteiger partial charge in [-0.1, -0.05) is 0 Å². The maximum atomic E-state index is 14.1. The number of nitrogens with one attached hydrogen (secondary N) is 1. The molecule has 136 valence electrons. The highest BCUT2D eigenvalue weighted by atomic mass is 19.3. The Hall–Kier alpha value is -2.61. The average Bonchev–Trinajstić information content (AvgIpc) is 3.29. The van der Waals surface area contributed by atoms with Gasteiger partial charge in [0.25, 0.3) is 5.92 Å². The molecule has 1 saturated heterocycles. The minimum Gasteiger partial charge on any atom is -0.303 e. The molecular formula is C18H18F3N5. The zero-order valence-corrected chi connectivity index (χ0v) is 14.0. The van der Waals surface area contributed by atoms with Crippen LogP contribution in [0.4, 0.5) is 13.2 Å². The zero-order valence-electron chi connectivity index (χ0n) is 14.0. The van der Waals surface area contributed by atoms with E-state index in [1.807, 2.05) is 11.0 Å². The standard InChI is InChI=1S/C18H18F3N5/c19-15-2-1-13(9-17(15)26-8-5-22-12-26)16-10-14(23-24-16)11-25-6-3-18(20,21)4-7-25/h1-2,5,8-10,12H,3-4,6-7,11H2,(H,23,24). The van der Waals surface area contributed by atoms with Gasteiger partial charge in [-0.3, -0.25) is 10.00 Å². The van der Waals surface area contributed by atoms with Gasteiger partial charge in [0.1, 0.15) is 5.82 Å². The first-order valence-corrected chi connectivity index (χ1v) is 8.43. The third-order valence-corrected chi connectivity index (χ3v) is 4.64. The van der Waals surface area contributed by atoms with Crippen LogP contribution in [-0.2, 0) is 6.54 Å². The number of hydrogen-bond donors (Lipinski definition) is 1. The summed E-state index contributed by atoms with van der Waals surface area (Å²) in [5.74, 6) is -2.90. The van der Waals surface area contributed by atoms with Crippen LogP contribution in [0, 0.1) is 5.82 Å². The largest absolute Gasteiger partial charge is 0.303 e. The lowest BCUT2D eigenvalue weighted by atomic mass is 10.1. The van der Waals surface area contributed by atoms with Crippen molar-refractivity contribution in [2.75, 3.05) is 13.1 Å². The molecule has 0 spiro atoms. The molecule has 4 rings (SSSR count). The van der Waals surface area contributed by atoms with Gasteiger partial charge in [0, 0.05) is 56.1 Å². The van der Waals surface area contributed by atoms with Gasteiger partial charge in [-0.15, -0.1) is 0 Å². The molecule has 1 fully saturated rings. The number of nitrogens with zero attached hydrogens (tertiary/aromatic N) is 4. The number of rotatable bonds is 4. The fourth-order valence-electron chi connectivity index (χ4n) is 3.14. The number of piperidine rings is 1. The van der Waals surface area contributed by atoms with E-state index in [0.717, 1.165) is 11.3 Å². The molecule has 0 radical (unpaired) electrons. The second-order valence-corrected chi connectivity index (χ2v) is 6.55. The van der Waals surface area contributed by atoms with Gasteiger partial charge in [0.2, 0.25) is 0 Å². The van der Waals surface area contributed by atoms with E-state index in [1.54, 1.807) is 29.1 Å². The van der Waals surface area contributed by atoms with Crippen LogP contribution in [0.15, 0.2) is 43.0 Å². The summed E-state index contributed by atoms with van der Waals surface area (Å²) in [7, 11) is 0. The molecule has 3 aromatic rings. The van der Waals surface area contributed by atoms with Crippen molar-refractivity contribution in [2.24, 2.45) is 0 Å². The summed E-state index contributed by atoms with van der Waals surface area (Å²) in [4.78, 5) is 5.92. The lowest BCUT2D eigenvalue weighted by Crippen LogP contribution is -2.38. The zero-order chi connectivity index (χ0) is 18.1. The van der Waals surface area contributed by atoms with Crippen LogP contribution in [0.2, 0.25) is 0 Å². The second-order valence-electron chi connectivity index (χ2n) is 6.55. The van der Waals surface area contributed by atoms with Crippen LogP contribution in [0.5, 0.6) is 0 Å². The second kappa shape index (κ2) is 6.60. The van der Waals surface area contributed by atoms with E-state index in [0.29, 0.717) is 31.0 Å². The Kier molecular flexibility index (Phi) is 4.28. The Morgan fingerprint density at radius 3 is 2.69 bits per heavy atom. The number of aromatic amines is 1. The van der Waals surface area contributed by atoms with Crippen molar-refractivity contribution in [1.82, 2.24) is 24.6 Å². The first-order valence-electron chi connectivity index (χ1n) is 8.43. The number of H-pyrrole nitrogens is 1. The van der Waals surface area contributed by atoms with Crippen molar-refractivity contribution in [2.45, 2.75) is 25.3 Å². The van der Waals surface area contributed by atoms with Crippen molar-refractivity contribution in [3.8, 4) is 16.9 Å². The van der Waals surface area contributed by atoms with Gasteiger partial charge in [0.15, 0.2) is 0 Å². The van der Waals surface area contributed by atoms with E-state index in [-0.39, 0.29) is 18.7 Å². The van der Waals surface area contributed by atoms with Gasteiger partial charge in [-0.2, -0.15) is 5.10 Å². The predicted octanol–water partition coefficient (Wildman–Crippen LogP) is 3.63. The highest BCUT2D eigenvalue weighted by Gasteiger charge is 2.33. The molecule has 26 heavy (non-hydrogen) atoms. The van der Waals surface area contributed by atoms with Gasteiger partial charge in [-0.05, 0) is 24.3 Å². The van der Waals surface area contributed by atoms with E-state index in [9.17, 15) is 13.2 Å². The number of benzene rings is 1. The number of alkyl halides is 2. The van der Waals surface area contributed by atoms with Gasteiger partial charge in [-0.25, -0.2) is 18.2 Å². The van der Waals surface area contributed by atoms with Gasteiger partial charge >= 0.3 is 0 Å². The lowest BCUT2D eigenvalue weighted by Gasteiger charge is -2.31. The third-order valence-electron chi connectivity index (χ3n) is 4.64. The minimum atomic E-state index is -2.55. The van der Waals surface area contributed by atoms with Gasteiger partial charge in [0.05, 0.1) is 17.7 Å². The van der Waals surface area contributed by atoms with E-state index >= 15 is 0 Å². The molecule has 0 bridgehead atoms. The molecule has 0 aliphatic carbocycles. The Bertz CT molecular complexity index is 878. The molecule has 3 heterocycles. The molecule has 0 unspecified atom stereocenters. The summed E-state index contributed by atoms with van der Waals surface area (Å²) in [5.41, 5.74) is 2.69. The highest BCUT2D eigenvalue weighted by molar-refractivity contribution is 5.62. The highest BCUT2D eigenvalue weighted by Crippen LogP contribution is 2.29. The Balaban J connectivity index is 1.51. The topological polar surface area (TPSA) is 49.7 Å². The molecule has 1 aromatic carbocycles. The summed E-state index contributed by atoms with van der Waals surface area (Å²) < 4.78 is 42.2. The van der Waals surface area contributed by atoms with Crippen molar-refractivity contribution < 1.29 is 13.2 Å². The minimum absolute atomic E-state index is 0.111. The van der Waals surface area contributed by atoms with Crippen molar-refractivity contribution in [3.05, 3.63) is 54.5 Å². The molecule has 5 nitrogen and oxygen atoms in total. The Morgan fingerprint density at radius 2 is 1.96 bits per heavy atom. The molecular weight excluding hydrogens is 343 g/mol. The maximum Gasteiger partial charge on any atom is 0.250 e. The SMILES string of the molecule is Fc1ccc(-c2cc(CN3CCC(F)(F)CC3)[nH]n2)cc1-n1ccnc1. The lowest BCUT2D eigenvalue weighted by molar-refractivity contribution is -0.0568. The molecule has 0 amide bonds. The molecule has 8 heteroatoms. The monoisotopic (exact) mass is 361 g/mol. The van der Waals surface area contributed by atoms with Crippen molar-refractivity contribution in [3.63, 3.8) is 0 Å². The van der Waals surface area contributed by atoms with E-state index in [2.05, 4.69) is 15.2 Å². The smallest absolute Gasteiger partial charge is 0.250 e. The normalized spacial score (nSPS) is 17.5. The molecule has 1 aliphatic rings. The molecule has 0 atom stereocenters. The fourth-order valence-corrected chi connectivity index (χ4v) is 3.14. The van der Waals surface area contributed by atoms with Crippen LogP contribution in [0.1, 0.15) is 18.5 Å². The average molecular weight is 361 g/mol. The number of aromatic nitrogens is 4. The van der Waals surface area contributed by atoms with Crippen molar-refractivity contribution >= 4 is 0 Å². The summed E-state index contributed by atoms with van der Waals surface area (Å²) in [5, 5.41) is 7.23. The van der Waals surface area contributed by atoms with Gasteiger partial charge < -0.3 is 4.57 Å². The van der Waals surface area contributed by atoms with Crippen LogP contribution in [0.25, 0.3) is 16.9 Å². The Morgan fingerprint density at radius 1 is 1.15 bits per heavy atom. The quantitative estimate of drug-likeness (QED) is 0.772. The van der Waals surface area contributed by atoms with E-state index in [4.69, 9.17) is 0 Å². The Labute approximate surface area is 148 Å². The fraction of sp³-hybridized carbons (Fsp3) is 0.333. The van der Waals surface area contributed by atoms with E-state index in [1.165, 1.54) is 12.4 Å². The van der Waals surface area contributed by atoms with Crippen molar-refractivity contribution in [1.29, 1.82) is 0 Å². The first-order chi connectivity index (χ1) is 12.5. The first kappa shape index (κ1) is 16.8. The van der Waals surface area contributed by atoms with Crippen LogP contribution < -0.4 is 0 Å². The van der Waals surface area contributed by atoms with Crippen LogP contribution >= 0.6 is 0 Å². The molecule has 2 aromatic heterocycles. The van der Waals surface area contributed by atoms with Crippen LogP contribution in [0.3, 0.4) is 0 Å². The molecule has 0 saturated carbocycles. The summed E-state index contributed by atoms with van der Waals surface area (Å²) in [6.07, 6.45) is 4.57. The van der Waals surface area contributed by atoms with E-state index < -0.39 is 5.92 Å². The summed E-state index contributed by atoms with van der Waals surface area (Å²) in [6, 6.07) is 6.64. The number of imidazole rings is 1. The molecule has 1 aliphatic heterocycles. The predicted molar refractivity (Wildman–Crippen MR) is 90.6 cm³/mol. The number of hydrogen-bond acceptors (Lipinski definition) is 3. The summed E-state index contributed by atoms with van der Waals surface area (Å²) >= 11 is 0. The maximum absolute atomic E-state index is 14.1. The third kappa shape index (κ3) is 3.50. The molecule has 1 N–H and O–H groups in total.